The molecule has 1 aromatic rings. The molecule has 1 aliphatic rings. The number of nitrogens with one attached hydrogen (secondary N) is 1. The van der Waals surface area contributed by atoms with Gasteiger partial charge in [-0.2, -0.15) is 0 Å². The number of hydrogen-bond donors (Lipinski definition) is 2. The van der Waals surface area contributed by atoms with Gasteiger partial charge in [-0.25, -0.2) is 4.39 Å². The van der Waals surface area contributed by atoms with E-state index >= 15 is 0 Å². The van der Waals surface area contributed by atoms with E-state index in [9.17, 15) is 14.3 Å². The summed E-state index contributed by atoms with van der Waals surface area (Å²) in [5.41, 5.74) is 0.727. The van der Waals surface area contributed by atoms with Crippen LogP contribution in [-0.4, -0.2) is 28.6 Å². The fraction of sp³-hybridized carbons (Fsp3) is 0.625. The zero-order valence-corrected chi connectivity index (χ0v) is 12.2. The SMILES string of the molecule is O=C(CCc1cncc(F)c1)NC1CCCCCC1CO. The zero-order valence-electron chi connectivity index (χ0n) is 12.2. The molecular weight excluding hydrogens is 271 g/mol. The summed E-state index contributed by atoms with van der Waals surface area (Å²) in [5.74, 6) is -0.256. The van der Waals surface area contributed by atoms with Crippen molar-refractivity contribution in [3.63, 3.8) is 0 Å². The Morgan fingerprint density at radius 2 is 2.14 bits per heavy atom. The van der Waals surface area contributed by atoms with Gasteiger partial charge in [0.2, 0.25) is 5.91 Å². The van der Waals surface area contributed by atoms with E-state index in [-0.39, 0.29) is 30.3 Å². The Morgan fingerprint density at radius 1 is 1.33 bits per heavy atom. The highest BCUT2D eigenvalue weighted by Crippen LogP contribution is 2.23. The molecule has 0 spiro atoms. The highest BCUT2D eigenvalue weighted by Gasteiger charge is 2.24. The summed E-state index contributed by atoms with van der Waals surface area (Å²) >= 11 is 0. The van der Waals surface area contributed by atoms with E-state index in [1.165, 1.54) is 6.07 Å². The minimum atomic E-state index is -0.378. The summed E-state index contributed by atoms with van der Waals surface area (Å²) in [6.07, 6.45) is 8.81. The Balaban J connectivity index is 1.82. The molecule has 1 aliphatic carbocycles. The van der Waals surface area contributed by atoms with Gasteiger partial charge in [-0.05, 0) is 30.9 Å². The van der Waals surface area contributed by atoms with Crippen LogP contribution in [0.15, 0.2) is 18.5 Å². The number of nitrogens with zero attached hydrogens (tertiary/aromatic N) is 1. The van der Waals surface area contributed by atoms with Gasteiger partial charge in [0.15, 0.2) is 0 Å². The van der Waals surface area contributed by atoms with Crippen molar-refractivity contribution in [3.05, 3.63) is 29.8 Å². The van der Waals surface area contributed by atoms with Crippen molar-refractivity contribution in [3.8, 4) is 0 Å². The van der Waals surface area contributed by atoms with Gasteiger partial charge in [0.05, 0.1) is 6.20 Å². The lowest BCUT2D eigenvalue weighted by Gasteiger charge is -2.24. The Labute approximate surface area is 124 Å². The fourth-order valence-corrected chi connectivity index (χ4v) is 2.92. The van der Waals surface area contributed by atoms with Crippen molar-refractivity contribution in [1.29, 1.82) is 0 Å². The molecule has 0 radical (unpaired) electrons. The minimum absolute atomic E-state index is 0.0374. The summed E-state index contributed by atoms with van der Waals surface area (Å²) < 4.78 is 13.0. The second-order valence-electron chi connectivity index (χ2n) is 5.77. The molecular formula is C16H23FN2O2. The first-order chi connectivity index (χ1) is 10.2. The number of carbonyl (C=O) groups excluding carboxylic acids is 1. The van der Waals surface area contributed by atoms with Crippen LogP contribution in [0.4, 0.5) is 4.39 Å². The molecule has 0 aliphatic heterocycles. The van der Waals surface area contributed by atoms with Crippen molar-refractivity contribution in [2.24, 2.45) is 5.92 Å². The largest absolute Gasteiger partial charge is 0.396 e. The third-order valence-corrected chi connectivity index (χ3v) is 4.14. The molecule has 1 fully saturated rings. The molecule has 1 saturated carbocycles. The second kappa shape index (κ2) is 8.08. The van der Waals surface area contributed by atoms with Crippen LogP contribution in [0.5, 0.6) is 0 Å². The normalized spacial score (nSPS) is 22.6. The second-order valence-corrected chi connectivity index (χ2v) is 5.77. The Kier molecular flexibility index (Phi) is 6.11. The number of aliphatic hydroxyl groups excluding tert-OH is 1. The van der Waals surface area contributed by atoms with Gasteiger partial charge in [0.1, 0.15) is 5.82 Å². The van der Waals surface area contributed by atoms with Crippen molar-refractivity contribution in [1.82, 2.24) is 10.3 Å². The molecule has 2 N–H and O–H groups in total. The number of pyridine rings is 1. The van der Waals surface area contributed by atoms with E-state index < -0.39 is 0 Å². The molecule has 2 unspecified atom stereocenters. The average Bonchev–Trinajstić information content (AvgIpc) is 2.70. The number of rotatable bonds is 5. The molecule has 0 aromatic carbocycles. The van der Waals surface area contributed by atoms with E-state index in [0.29, 0.717) is 12.8 Å². The van der Waals surface area contributed by atoms with E-state index in [1.54, 1.807) is 6.20 Å². The summed E-state index contributed by atoms with van der Waals surface area (Å²) in [4.78, 5) is 15.8. The lowest BCUT2D eigenvalue weighted by Crippen LogP contribution is -2.41. The van der Waals surface area contributed by atoms with Crippen molar-refractivity contribution >= 4 is 5.91 Å². The third-order valence-electron chi connectivity index (χ3n) is 4.14. The van der Waals surface area contributed by atoms with Crippen LogP contribution in [0.25, 0.3) is 0 Å². The third kappa shape index (κ3) is 5.08. The predicted molar refractivity (Wildman–Crippen MR) is 78.1 cm³/mol. The number of carbonyl (C=O) groups is 1. The van der Waals surface area contributed by atoms with Crippen LogP contribution in [0.3, 0.4) is 0 Å². The highest BCUT2D eigenvalue weighted by molar-refractivity contribution is 5.76. The van der Waals surface area contributed by atoms with Gasteiger partial charge in [0.25, 0.3) is 0 Å². The fourth-order valence-electron chi connectivity index (χ4n) is 2.92. The maximum atomic E-state index is 13.0. The topological polar surface area (TPSA) is 62.2 Å². The summed E-state index contributed by atoms with van der Waals surface area (Å²) in [5, 5.41) is 12.5. The zero-order chi connectivity index (χ0) is 15.1. The van der Waals surface area contributed by atoms with Crippen LogP contribution >= 0.6 is 0 Å². The first-order valence-corrected chi connectivity index (χ1v) is 7.68. The van der Waals surface area contributed by atoms with E-state index in [2.05, 4.69) is 10.3 Å². The lowest BCUT2D eigenvalue weighted by atomic mass is 9.95. The molecule has 116 valence electrons. The maximum absolute atomic E-state index is 13.0. The van der Waals surface area contributed by atoms with Gasteiger partial charge >= 0.3 is 0 Å². The molecule has 21 heavy (non-hydrogen) atoms. The van der Waals surface area contributed by atoms with E-state index in [0.717, 1.165) is 43.9 Å². The number of halogens is 1. The molecule has 1 amide bonds. The van der Waals surface area contributed by atoms with Crippen molar-refractivity contribution in [2.45, 2.75) is 51.0 Å². The van der Waals surface area contributed by atoms with Crippen LogP contribution in [0.1, 0.15) is 44.1 Å². The summed E-state index contributed by atoms with van der Waals surface area (Å²) in [7, 11) is 0. The molecule has 0 saturated heterocycles. The quantitative estimate of drug-likeness (QED) is 0.819. The summed E-state index contributed by atoms with van der Waals surface area (Å²) in [6, 6.07) is 1.47. The number of aromatic nitrogens is 1. The highest BCUT2D eigenvalue weighted by atomic mass is 19.1. The lowest BCUT2D eigenvalue weighted by molar-refractivity contribution is -0.122. The summed E-state index contributed by atoms with van der Waals surface area (Å²) in [6.45, 7) is 0.124. The Bertz CT molecular complexity index is 467. The molecule has 4 nitrogen and oxygen atoms in total. The number of aliphatic hydroxyl groups is 1. The smallest absolute Gasteiger partial charge is 0.220 e. The van der Waals surface area contributed by atoms with Crippen LogP contribution < -0.4 is 5.32 Å². The van der Waals surface area contributed by atoms with Crippen LogP contribution in [0.2, 0.25) is 0 Å². The van der Waals surface area contributed by atoms with Gasteiger partial charge in [-0.15, -0.1) is 0 Å². The standard InChI is InChI=1S/C16H23FN2O2/c17-14-8-12(9-18-10-14)6-7-16(21)19-15-5-3-1-2-4-13(15)11-20/h8-10,13,15,20H,1-7,11H2,(H,19,21). The molecule has 5 heteroatoms. The van der Waals surface area contributed by atoms with Gasteiger partial charge in [-0.3, -0.25) is 9.78 Å². The predicted octanol–water partition coefficient (Wildman–Crippen LogP) is 2.21. The minimum Gasteiger partial charge on any atom is -0.396 e. The molecule has 2 atom stereocenters. The maximum Gasteiger partial charge on any atom is 0.220 e. The van der Waals surface area contributed by atoms with E-state index in [1.807, 2.05) is 0 Å². The molecule has 1 aromatic heterocycles. The average molecular weight is 294 g/mol. The molecule has 1 heterocycles. The number of amides is 1. The molecule has 2 rings (SSSR count). The first-order valence-electron chi connectivity index (χ1n) is 7.68. The number of hydrogen-bond acceptors (Lipinski definition) is 3. The Morgan fingerprint density at radius 3 is 2.90 bits per heavy atom. The van der Waals surface area contributed by atoms with Gasteiger partial charge < -0.3 is 10.4 Å². The first kappa shape index (κ1) is 15.9. The number of aryl methyl sites for hydroxylation is 1. The van der Waals surface area contributed by atoms with Crippen LogP contribution in [0, 0.1) is 11.7 Å². The Hall–Kier alpha value is -1.49. The van der Waals surface area contributed by atoms with Crippen molar-refractivity contribution in [2.75, 3.05) is 6.61 Å². The van der Waals surface area contributed by atoms with Crippen molar-refractivity contribution < 1.29 is 14.3 Å². The monoisotopic (exact) mass is 294 g/mol. The molecule has 0 bridgehead atoms. The van der Waals surface area contributed by atoms with E-state index in [4.69, 9.17) is 0 Å². The van der Waals surface area contributed by atoms with Gasteiger partial charge in [-0.1, -0.05) is 19.3 Å². The van der Waals surface area contributed by atoms with Gasteiger partial charge in [0, 0.05) is 31.2 Å². The van der Waals surface area contributed by atoms with Crippen LogP contribution in [-0.2, 0) is 11.2 Å².